The number of carbonyl (C=O) groups excluding carboxylic acids is 1. The normalized spacial score (nSPS) is 11.7. The fraction of sp³-hybridized carbons (Fsp3) is 0.0769. The van der Waals surface area contributed by atoms with E-state index in [2.05, 4.69) is 15.2 Å². The minimum atomic E-state index is -3.64. The Kier molecular flexibility index (Phi) is 7.31. The second-order valence-corrected chi connectivity index (χ2v) is 9.20. The first-order valence-electron chi connectivity index (χ1n) is 10.6. The van der Waals surface area contributed by atoms with Gasteiger partial charge in [-0.05, 0) is 35.4 Å². The number of amides is 1. The molecule has 2 N–H and O–H groups in total. The van der Waals surface area contributed by atoms with Gasteiger partial charge in [0.1, 0.15) is 11.5 Å². The largest absolute Gasteiger partial charge is 0.459 e. The van der Waals surface area contributed by atoms with E-state index in [9.17, 15) is 13.2 Å². The summed E-state index contributed by atoms with van der Waals surface area (Å²) < 4.78 is 32.8. The molecule has 1 heterocycles. The van der Waals surface area contributed by atoms with Crippen molar-refractivity contribution in [3.8, 4) is 0 Å². The molecule has 172 valence electrons. The molecule has 8 heteroatoms. The van der Waals surface area contributed by atoms with Crippen LogP contribution in [0.3, 0.4) is 0 Å². The summed E-state index contributed by atoms with van der Waals surface area (Å²) in [6.07, 6.45) is 1.38. The summed E-state index contributed by atoms with van der Waals surface area (Å²) in [6.45, 7) is -0.0124. The Bertz CT molecular complexity index is 1310. The first-order chi connectivity index (χ1) is 16.5. The second-order valence-electron chi connectivity index (χ2n) is 7.43. The van der Waals surface area contributed by atoms with E-state index >= 15 is 0 Å². The van der Waals surface area contributed by atoms with Crippen LogP contribution in [0.4, 0.5) is 0 Å². The highest BCUT2D eigenvalue weighted by Gasteiger charge is 2.22. The SMILES string of the molecule is O=C(N/N=C\c1ccc(CNS(=O)(=O)c2ccccc2)o1)C(c1ccccc1)c1ccccc1. The van der Waals surface area contributed by atoms with Crippen LogP contribution in [0, 0.1) is 0 Å². The van der Waals surface area contributed by atoms with E-state index in [0.717, 1.165) is 11.1 Å². The second kappa shape index (κ2) is 10.7. The van der Waals surface area contributed by atoms with Crippen molar-refractivity contribution >= 4 is 22.1 Å². The summed E-state index contributed by atoms with van der Waals surface area (Å²) in [5.41, 5.74) is 4.28. The van der Waals surface area contributed by atoms with Crippen LogP contribution in [0.5, 0.6) is 0 Å². The number of carbonyl (C=O) groups is 1. The van der Waals surface area contributed by atoms with Crippen LogP contribution in [-0.4, -0.2) is 20.5 Å². The summed E-state index contributed by atoms with van der Waals surface area (Å²) in [5.74, 6) is -0.000863. The topological polar surface area (TPSA) is 101 Å². The third kappa shape index (κ3) is 5.86. The number of nitrogens with zero attached hydrogens (tertiary/aromatic N) is 1. The molecule has 4 rings (SSSR count). The molecule has 0 spiro atoms. The van der Waals surface area contributed by atoms with E-state index in [0.29, 0.717) is 11.5 Å². The molecule has 0 unspecified atom stereocenters. The van der Waals surface area contributed by atoms with Gasteiger partial charge in [-0.15, -0.1) is 0 Å². The molecule has 0 saturated carbocycles. The first-order valence-corrected chi connectivity index (χ1v) is 12.1. The van der Waals surface area contributed by atoms with Gasteiger partial charge in [0, 0.05) is 0 Å². The van der Waals surface area contributed by atoms with Crippen molar-refractivity contribution in [2.75, 3.05) is 0 Å². The highest BCUT2D eigenvalue weighted by molar-refractivity contribution is 7.89. The van der Waals surface area contributed by atoms with Gasteiger partial charge in [-0.1, -0.05) is 78.9 Å². The molecule has 4 aromatic rings. The Morgan fingerprint density at radius 3 is 1.97 bits per heavy atom. The van der Waals surface area contributed by atoms with E-state index in [1.807, 2.05) is 60.7 Å². The molecule has 1 aromatic heterocycles. The smallest absolute Gasteiger partial charge is 0.252 e. The molecule has 34 heavy (non-hydrogen) atoms. The number of sulfonamides is 1. The van der Waals surface area contributed by atoms with E-state index in [4.69, 9.17) is 4.42 Å². The molecular weight excluding hydrogens is 450 g/mol. The minimum absolute atomic E-state index is 0.0124. The number of hydrogen-bond acceptors (Lipinski definition) is 5. The predicted octanol–water partition coefficient (Wildman–Crippen LogP) is 4.04. The maximum atomic E-state index is 13.0. The number of benzene rings is 3. The molecule has 0 saturated heterocycles. The van der Waals surface area contributed by atoms with E-state index in [1.54, 1.807) is 30.3 Å². The van der Waals surface area contributed by atoms with Crippen LogP contribution in [-0.2, 0) is 21.4 Å². The van der Waals surface area contributed by atoms with Crippen LogP contribution in [0.15, 0.2) is 118 Å². The molecule has 0 bridgehead atoms. The highest BCUT2D eigenvalue weighted by Crippen LogP contribution is 2.24. The van der Waals surface area contributed by atoms with E-state index in [1.165, 1.54) is 18.3 Å². The highest BCUT2D eigenvalue weighted by atomic mass is 32.2. The van der Waals surface area contributed by atoms with Crippen LogP contribution < -0.4 is 10.1 Å². The lowest BCUT2D eigenvalue weighted by Gasteiger charge is -2.16. The van der Waals surface area contributed by atoms with Gasteiger partial charge in [-0.2, -0.15) is 5.10 Å². The lowest BCUT2D eigenvalue weighted by Crippen LogP contribution is -2.26. The first kappa shape index (κ1) is 23.2. The maximum absolute atomic E-state index is 13.0. The maximum Gasteiger partial charge on any atom is 0.252 e. The van der Waals surface area contributed by atoms with Gasteiger partial charge >= 0.3 is 0 Å². The van der Waals surface area contributed by atoms with Gasteiger partial charge in [0.05, 0.1) is 23.6 Å². The van der Waals surface area contributed by atoms with Gasteiger partial charge in [0.25, 0.3) is 5.91 Å². The Labute approximate surface area is 198 Å². The van der Waals surface area contributed by atoms with Crippen LogP contribution in [0.25, 0.3) is 0 Å². The van der Waals surface area contributed by atoms with Crippen LogP contribution in [0.1, 0.15) is 28.6 Å². The zero-order chi connectivity index (χ0) is 23.8. The third-order valence-electron chi connectivity index (χ3n) is 5.07. The van der Waals surface area contributed by atoms with Crippen molar-refractivity contribution in [3.63, 3.8) is 0 Å². The zero-order valence-electron chi connectivity index (χ0n) is 18.2. The molecule has 0 aliphatic heterocycles. The van der Waals surface area contributed by atoms with Gasteiger partial charge in [0.2, 0.25) is 10.0 Å². The molecule has 0 fully saturated rings. The summed E-state index contributed by atoms with van der Waals surface area (Å²) in [7, 11) is -3.64. The van der Waals surface area contributed by atoms with Crippen LogP contribution >= 0.6 is 0 Å². The Morgan fingerprint density at radius 2 is 1.38 bits per heavy atom. The fourth-order valence-electron chi connectivity index (χ4n) is 3.42. The fourth-order valence-corrected chi connectivity index (χ4v) is 4.43. The van der Waals surface area contributed by atoms with Crippen molar-refractivity contribution in [2.45, 2.75) is 17.4 Å². The molecule has 3 aromatic carbocycles. The molecule has 1 amide bonds. The van der Waals surface area contributed by atoms with Crippen LogP contribution in [0.2, 0.25) is 0 Å². The van der Waals surface area contributed by atoms with E-state index in [-0.39, 0.29) is 17.3 Å². The quantitative estimate of drug-likeness (QED) is 0.283. The average Bonchev–Trinajstić information content (AvgIpc) is 3.33. The summed E-state index contributed by atoms with van der Waals surface area (Å²) >= 11 is 0. The summed E-state index contributed by atoms with van der Waals surface area (Å²) in [4.78, 5) is 13.1. The average molecular weight is 474 g/mol. The summed E-state index contributed by atoms with van der Waals surface area (Å²) in [6, 6.07) is 30.3. The number of hydrogen-bond donors (Lipinski definition) is 2. The Morgan fingerprint density at radius 1 is 0.824 bits per heavy atom. The Balaban J connectivity index is 1.39. The number of nitrogens with one attached hydrogen (secondary N) is 2. The van der Waals surface area contributed by atoms with Crippen molar-refractivity contribution < 1.29 is 17.6 Å². The number of rotatable bonds is 9. The number of furan rings is 1. The van der Waals surface area contributed by atoms with Crippen molar-refractivity contribution in [3.05, 3.63) is 126 Å². The Hall–Kier alpha value is -4.01. The molecule has 0 aliphatic carbocycles. The van der Waals surface area contributed by atoms with Crippen molar-refractivity contribution in [1.82, 2.24) is 10.1 Å². The van der Waals surface area contributed by atoms with Gasteiger partial charge in [0.15, 0.2) is 0 Å². The molecule has 0 aliphatic rings. The minimum Gasteiger partial charge on any atom is -0.459 e. The number of hydrazone groups is 1. The standard InChI is InChI=1S/C26H23N3O4S/c30-26(25(20-10-4-1-5-11-20)21-12-6-2-7-13-21)29-27-18-22-16-17-23(33-22)19-28-34(31,32)24-14-8-3-9-15-24/h1-18,25,28H,19H2,(H,29,30)/b27-18-. The van der Waals surface area contributed by atoms with Gasteiger partial charge in [-0.25, -0.2) is 18.6 Å². The predicted molar refractivity (Wildman–Crippen MR) is 130 cm³/mol. The molecular formula is C26H23N3O4S. The van der Waals surface area contributed by atoms with Gasteiger partial charge in [-0.3, -0.25) is 4.79 Å². The lowest BCUT2D eigenvalue weighted by atomic mass is 9.91. The molecule has 0 atom stereocenters. The molecule has 7 nitrogen and oxygen atoms in total. The third-order valence-corrected chi connectivity index (χ3v) is 6.48. The lowest BCUT2D eigenvalue weighted by molar-refractivity contribution is -0.121. The zero-order valence-corrected chi connectivity index (χ0v) is 19.0. The van der Waals surface area contributed by atoms with Crippen molar-refractivity contribution in [1.29, 1.82) is 0 Å². The van der Waals surface area contributed by atoms with Gasteiger partial charge < -0.3 is 4.42 Å². The monoisotopic (exact) mass is 473 g/mol. The summed E-state index contributed by atoms with van der Waals surface area (Å²) in [5, 5.41) is 4.03. The van der Waals surface area contributed by atoms with E-state index < -0.39 is 15.9 Å². The molecule has 0 radical (unpaired) electrons. The van der Waals surface area contributed by atoms with Crippen molar-refractivity contribution in [2.24, 2.45) is 5.10 Å².